The molecule has 6 unspecified atom stereocenters. The molecule has 0 aromatic carbocycles. The Labute approximate surface area is 356 Å². The van der Waals surface area contributed by atoms with E-state index < -0.39 is 75.7 Å². The lowest BCUT2D eigenvalue weighted by Gasteiger charge is -2.41. The van der Waals surface area contributed by atoms with Crippen LogP contribution in [0.3, 0.4) is 0 Å². The van der Waals surface area contributed by atoms with Gasteiger partial charge in [-0.2, -0.15) is 0 Å². The van der Waals surface area contributed by atoms with Crippen LogP contribution in [0.4, 0.5) is 0 Å². The van der Waals surface area contributed by atoms with Gasteiger partial charge in [-0.15, -0.1) is 6.58 Å². The number of ether oxygens (including phenoxy) is 2. The highest BCUT2D eigenvalue weighted by Gasteiger charge is 2.51. The van der Waals surface area contributed by atoms with Crippen molar-refractivity contribution < 1.29 is 63.1 Å². The summed E-state index contributed by atoms with van der Waals surface area (Å²) >= 11 is 0. The van der Waals surface area contributed by atoms with Crippen LogP contribution in [0, 0.1) is 0 Å². The SMILES string of the molecule is C=CCCCCCCCCCCCCCCCC(=O)O[C@H](COC(=O)CCCC/C=C/CCCCCCCCCCC)COP(=O)(O)OC1C(O)C(O)C(O)[C@@H](O)C1O. The van der Waals surface area contributed by atoms with Crippen LogP contribution in [-0.4, -0.2) is 98.3 Å². The molecule has 0 heterocycles. The molecule has 1 fully saturated rings. The molecule has 1 aliphatic carbocycles. The predicted octanol–water partition coefficient (Wildman–Crippen LogP) is 8.84. The minimum Gasteiger partial charge on any atom is -0.462 e. The quantitative estimate of drug-likeness (QED) is 0.0148. The van der Waals surface area contributed by atoms with Gasteiger partial charge in [0, 0.05) is 12.8 Å². The average Bonchev–Trinajstić information content (AvgIpc) is 3.21. The van der Waals surface area contributed by atoms with E-state index in [1.165, 1.54) is 109 Å². The van der Waals surface area contributed by atoms with Gasteiger partial charge in [0.2, 0.25) is 0 Å². The predicted molar refractivity (Wildman–Crippen MR) is 230 cm³/mol. The molecule has 13 nitrogen and oxygen atoms in total. The first-order chi connectivity index (χ1) is 28.4. The van der Waals surface area contributed by atoms with Gasteiger partial charge in [-0.05, 0) is 51.4 Å². The van der Waals surface area contributed by atoms with Crippen LogP contribution >= 0.6 is 7.82 Å². The first kappa shape index (κ1) is 55.3. The number of unbranched alkanes of at least 4 members (excludes halogenated alkanes) is 24. The van der Waals surface area contributed by atoms with E-state index in [-0.39, 0.29) is 12.8 Å². The maximum Gasteiger partial charge on any atom is 0.472 e. The number of carbonyl (C=O) groups excluding carboxylic acids is 2. The lowest BCUT2D eigenvalue weighted by molar-refractivity contribution is -0.220. The van der Waals surface area contributed by atoms with Crippen LogP contribution in [-0.2, 0) is 32.7 Å². The van der Waals surface area contributed by atoms with E-state index in [9.17, 15) is 44.6 Å². The van der Waals surface area contributed by atoms with E-state index >= 15 is 0 Å². The fraction of sp³-hybridized carbons (Fsp3) is 0.867. The van der Waals surface area contributed by atoms with E-state index in [0.717, 1.165) is 51.4 Å². The van der Waals surface area contributed by atoms with Gasteiger partial charge in [0.25, 0.3) is 0 Å². The average molecular weight is 863 g/mol. The van der Waals surface area contributed by atoms with Crippen molar-refractivity contribution in [3.8, 4) is 0 Å². The minimum absolute atomic E-state index is 0.0930. The van der Waals surface area contributed by atoms with Gasteiger partial charge >= 0.3 is 19.8 Å². The van der Waals surface area contributed by atoms with Crippen molar-refractivity contribution in [2.75, 3.05) is 13.2 Å². The number of hydrogen-bond acceptors (Lipinski definition) is 12. The standard InChI is InChI=1S/C45H83O13P/c1-3-5-7-9-11-13-15-17-19-21-23-25-27-29-31-33-38(46)55-35-37(36-56-59(53,54)58-45-43(51)41(49)40(48)42(50)44(45)52)57-39(47)34-32-30-28-26-24-22-20-18-16-14-12-10-8-6-4-2/h4,23,25,37,40-45,48-52H,2-3,5-22,24,26-36H2,1H3,(H,53,54)/b25-23+/t37-,40?,41-,42?,43?,44?,45?/m1/s1. The molecule has 8 atom stereocenters. The van der Waals surface area contributed by atoms with Crippen LogP contribution in [0.1, 0.15) is 193 Å². The van der Waals surface area contributed by atoms with E-state index in [1.54, 1.807) is 0 Å². The second kappa shape index (κ2) is 35.9. The third kappa shape index (κ3) is 28.5. The lowest BCUT2D eigenvalue weighted by Crippen LogP contribution is -2.64. The smallest absolute Gasteiger partial charge is 0.462 e. The number of hydrogen-bond donors (Lipinski definition) is 6. The van der Waals surface area contributed by atoms with Crippen LogP contribution in [0.2, 0.25) is 0 Å². The van der Waals surface area contributed by atoms with Crippen molar-refractivity contribution in [2.45, 2.75) is 236 Å². The fourth-order valence-electron chi connectivity index (χ4n) is 7.14. The Morgan fingerprint density at radius 3 is 1.44 bits per heavy atom. The van der Waals surface area contributed by atoms with Gasteiger partial charge in [-0.3, -0.25) is 18.6 Å². The number of rotatable bonds is 39. The number of phosphoric acid groups is 1. The molecule has 1 saturated carbocycles. The second-order valence-electron chi connectivity index (χ2n) is 16.3. The number of allylic oxidation sites excluding steroid dienone is 3. The van der Waals surface area contributed by atoms with Gasteiger partial charge in [-0.25, -0.2) is 4.57 Å². The molecule has 59 heavy (non-hydrogen) atoms. The first-order valence-electron chi connectivity index (χ1n) is 23.1. The van der Waals surface area contributed by atoms with Gasteiger partial charge in [0.05, 0.1) is 6.61 Å². The number of aliphatic hydroxyl groups excluding tert-OH is 5. The molecule has 0 aromatic rings. The summed E-state index contributed by atoms with van der Waals surface area (Å²) in [6.07, 6.45) is 24.1. The van der Waals surface area contributed by atoms with E-state index in [2.05, 4.69) is 25.7 Å². The molecule has 0 amide bonds. The molecule has 1 aliphatic rings. The normalized spacial score (nSPS) is 22.3. The van der Waals surface area contributed by atoms with Crippen molar-refractivity contribution in [2.24, 2.45) is 0 Å². The van der Waals surface area contributed by atoms with E-state index in [1.807, 2.05) is 6.08 Å². The maximum atomic E-state index is 12.8. The topological polar surface area (TPSA) is 210 Å². The van der Waals surface area contributed by atoms with Crippen LogP contribution < -0.4 is 0 Å². The van der Waals surface area contributed by atoms with Gasteiger partial charge < -0.3 is 39.9 Å². The van der Waals surface area contributed by atoms with Crippen molar-refractivity contribution in [3.05, 3.63) is 24.8 Å². The van der Waals surface area contributed by atoms with Crippen molar-refractivity contribution in [3.63, 3.8) is 0 Å². The number of carbonyl (C=O) groups is 2. The highest BCUT2D eigenvalue weighted by molar-refractivity contribution is 7.47. The molecule has 0 saturated heterocycles. The van der Waals surface area contributed by atoms with Crippen LogP contribution in [0.5, 0.6) is 0 Å². The monoisotopic (exact) mass is 863 g/mol. The summed E-state index contributed by atoms with van der Waals surface area (Å²) in [7, 11) is -5.12. The molecule has 0 radical (unpaired) electrons. The molecule has 346 valence electrons. The summed E-state index contributed by atoms with van der Waals surface area (Å²) < 4.78 is 33.5. The number of aliphatic hydroxyl groups is 5. The number of esters is 2. The third-order valence-corrected chi connectivity index (χ3v) is 11.9. The largest absolute Gasteiger partial charge is 0.472 e. The second-order valence-corrected chi connectivity index (χ2v) is 17.7. The highest BCUT2D eigenvalue weighted by Crippen LogP contribution is 2.47. The molecule has 0 spiro atoms. The zero-order valence-corrected chi connectivity index (χ0v) is 37.3. The molecule has 1 rings (SSSR count). The van der Waals surface area contributed by atoms with Gasteiger partial charge in [0.15, 0.2) is 6.10 Å². The van der Waals surface area contributed by atoms with Crippen molar-refractivity contribution in [1.29, 1.82) is 0 Å². The molecule has 0 bridgehead atoms. The zero-order chi connectivity index (χ0) is 43.6. The molecule has 0 aromatic heterocycles. The Morgan fingerprint density at radius 2 is 0.949 bits per heavy atom. The van der Waals surface area contributed by atoms with E-state index in [0.29, 0.717) is 12.8 Å². The van der Waals surface area contributed by atoms with Crippen molar-refractivity contribution >= 4 is 19.8 Å². The third-order valence-electron chi connectivity index (χ3n) is 10.9. The summed E-state index contributed by atoms with van der Waals surface area (Å²) in [5.41, 5.74) is 0. The minimum atomic E-state index is -5.12. The Morgan fingerprint density at radius 1 is 0.559 bits per heavy atom. The Hall–Kier alpha value is -1.67. The summed E-state index contributed by atoms with van der Waals surface area (Å²) in [4.78, 5) is 35.7. The highest BCUT2D eigenvalue weighted by atomic mass is 31.2. The zero-order valence-electron chi connectivity index (χ0n) is 36.4. The number of phosphoric ester groups is 1. The van der Waals surface area contributed by atoms with E-state index in [4.69, 9.17) is 18.5 Å². The van der Waals surface area contributed by atoms with Gasteiger partial charge in [-0.1, -0.05) is 147 Å². The van der Waals surface area contributed by atoms with Crippen LogP contribution in [0.15, 0.2) is 24.8 Å². The Balaban J connectivity index is 2.46. The summed E-state index contributed by atoms with van der Waals surface area (Å²) in [6, 6.07) is 0. The maximum absolute atomic E-state index is 12.8. The summed E-state index contributed by atoms with van der Waals surface area (Å²) in [6.45, 7) is 4.81. The fourth-order valence-corrected chi connectivity index (χ4v) is 8.12. The first-order valence-corrected chi connectivity index (χ1v) is 24.6. The molecule has 6 N–H and O–H groups in total. The Kier molecular flexibility index (Phi) is 33.7. The van der Waals surface area contributed by atoms with Crippen molar-refractivity contribution in [1.82, 2.24) is 0 Å². The molecule has 0 aliphatic heterocycles. The molecular weight excluding hydrogens is 779 g/mol. The summed E-state index contributed by atoms with van der Waals surface area (Å²) in [5, 5.41) is 50.1. The lowest BCUT2D eigenvalue weighted by atomic mass is 9.85. The van der Waals surface area contributed by atoms with Gasteiger partial charge in [0.1, 0.15) is 43.2 Å². The van der Waals surface area contributed by atoms with Crippen LogP contribution in [0.25, 0.3) is 0 Å². The Bertz CT molecular complexity index is 1120. The molecule has 14 heteroatoms. The molecular formula is C45H83O13P. The summed E-state index contributed by atoms with van der Waals surface area (Å²) in [5.74, 6) is -1.12.